The molecule has 0 saturated carbocycles. The normalized spacial score (nSPS) is 9.30. The molecule has 2 aromatic heterocycles. The van der Waals surface area contributed by atoms with Gasteiger partial charge >= 0.3 is 10.0 Å². The SMILES string of the molecule is COc1ccsc1[N+](=O)[O-].COc1ccsc1[N+](=O)[O-]. The van der Waals surface area contributed by atoms with Gasteiger partial charge in [0.2, 0.25) is 11.5 Å². The van der Waals surface area contributed by atoms with Gasteiger partial charge < -0.3 is 9.47 Å². The van der Waals surface area contributed by atoms with E-state index in [0.29, 0.717) is 11.5 Å². The minimum Gasteiger partial charge on any atom is -0.489 e. The first-order valence-corrected chi connectivity index (χ1v) is 6.79. The van der Waals surface area contributed by atoms with Gasteiger partial charge in [-0.2, -0.15) is 0 Å². The zero-order valence-corrected chi connectivity index (χ0v) is 12.1. The Morgan fingerprint density at radius 3 is 1.45 bits per heavy atom. The molecule has 0 atom stereocenters. The molecule has 0 spiro atoms. The molecular weight excluding hydrogens is 308 g/mol. The van der Waals surface area contributed by atoms with Crippen LogP contribution in [-0.4, -0.2) is 24.1 Å². The number of hydrogen-bond acceptors (Lipinski definition) is 8. The number of hydrogen-bond donors (Lipinski definition) is 0. The van der Waals surface area contributed by atoms with Crippen molar-refractivity contribution in [1.82, 2.24) is 0 Å². The summed E-state index contributed by atoms with van der Waals surface area (Å²) in [5, 5.41) is 23.7. The van der Waals surface area contributed by atoms with Gasteiger partial charge in [-0.05, 0) is 12.1 Å². The van der Waals surface area contributed by atoms with Crippen molar-refractivity contribution in [3.63, 3.8) is 0 Å². The van der Waals surface area contributed by atoms with Gasteiger partial charge in [0.05, 0.1) is 24.1 Å². The molecule has 0 unspecified atom stereocenters. The Labute approximate surface area is 121 Å². The monoisotopic (exact) mass is 318 g/mol. The summed E-state index contributed by atoms with van der Waals surface area (Å²) in [6.45, 7) is 0. The zero-order chi connectivity index (χ0) is 15.1. The van der Waals surface area contributed by atoms with Crippen LogP contribution in [0.4, 0.5) is 10.0 Å². The van der Waals surface area contributed by atoms with Crippen LogP contribution in [-0.2, 0) is 0 Å². The quantitative estimate of drug-likeness (QED) is 0.632. The molecule has 2 heterocycles. The van der Waals surface area contributed by atoms with Crippen molar-refractivity contribution in [2.75, 3.05) is 14.2 Å². The van der Waals surface area contributed by atoms with Crippen LogP contribution < -0.4 is 9.47 Å². The maximum Gasteiger partial charge on any atom is 0.365 e. The predicted octanol–water partition coefficient (Wildman–Crippen LogP) is 3.33. The summed E-state index contributed by atoms with van der Waals surface area (Å²) in [6.07, 6.45) is 0. The lowest BCUT2D eigenvalue weighted by atomic mass is 10.6. The van der Waals surface area contributed by atoms with Crippen LogP contribution in [0.2, 0.25) is 0 Å². The van der Waals surface area contributed by atoms with Gasteiger partial charge in [0, 0.05) is 10.8 Å². The van der Waals surface area contributed by atoms with Crippen molar-refractivity contribution in [1.29, 1.82) is 0 Å². The van der Waals surface area contributed by atoms with E-state index in [1.54, 1.807) is 22.9 Å². The summed E-state index contributed by atoms with van der Waals surface area (Å²) < 4.78 is 9.43. The van der Waals surface area contributed by atoms with Crippen molar-refractivity contribution in [2.24, 2.45) is 0 Å². The lowest BCUT2D eigenvalue weighted by molar-refractivity contribution is -0.381. The van der Waals surface area contributed by atoms with Gasteiger partial charge in [0.25, 0.3) is 0 Å². The number of nitrogens with zero attached hydrogens (tertiary/aromatic N) is 2. The minimum atomic E-state index is -0.455. The maximum absolute atomic E-state index is 10.2. The first-order chi connectivity index (χ1) is 9.51. The zero-order valence-electron chi connectivity index (χ0n) is 10.5. The van der Waals surface area contributed by atoms with E-state index in [0.717, 1.165) is 22.7 Å². The molecule has 0 saturated heterocycles. The highest BCUT2D eigenvalue weighted by atomic mass is 32.1. The van der Waals surface area contributed by atoms with Crippen LogP contribution in [0.3, 0.4) is 0 Å². The van der Waals surface area contributed by atoms with E-state index in [4.69, 9.17) is 9.47 Å². The van der Waals surface area contributed by atoms with E-state index in [1.165, 1.54) is 14.2 Å². The third-order valence-electron chi connectivity index (χ3n) is 1.99. The van der Waals surface area contributed by atoms with Crippen molar-refractivity contribution < 1.29 is 19.3 Å². The second kappa shape index (κ2) is 7.40. The molecule has 0 aliphatic carbocycles. The van der Waals surface area contributed by atoms with E-state index in [-0.39, 0.29) is 10.0 Å². The van der Waals surface area contributed by atoms with E-state index in [2.05, 4.69) is 0 Å². The molecule has 2 aromatic rings. The van der Waals surface area contributed by atoms with Gasteiger partial charge in [-0.1, -0.05) is 22.7 Å². The summed E-state index contributed by atoms with van der Waals surface area (Å²) in [5.41, 5.74) is 0. The molecule has 0 radical (unpaired) electrons. The summed E-state index contributed by atoms with van der Waals surface area (Å²) in [6, 6.07) is 3.14. The lowest BCUT2D eigenvalue weighted by Gasteiger charge is -1.91. The highest BCUT2D eigenvalue weighted by molar-refractivity contribution is 7.14. The average molecular weight is 318 g/mol. The lowest BCUT2D eigenvalue weighted by Crippen LogP contribution is -1.87. The fourth-order valence-corrected chi connectivity index (χ4v) is 2.50. The van der Waals surface area contributed by atoms with Crippen molar-refractivity contribution in [2.45, 2.75) is 0 Å². The van der Waals surface area contributed by atoms with Crippen LogP contribution >= 0.6 is 22.7 Å². The van der Waals surface area contributed by atoms with Crippen LogP contribution in [0, 0.1) is 20.2 Å². The highest BCUT2D eigenvalue weighted by Gasteiger charge is 2.15. The van der Waals surface area contributed by atoms with Gasteiger partial charge in [-0.3, -0.25) is 20.2 Å². The molecule has 0 amide bonds. The van der Waals surface area contributed by atoms with Gasteiger partial charge in [0.15, 0.2) is 0 Å². The minimum absolute atomic E-state index is 0.0579. The topological polar surface area (TPSA) is 105 Å². The van der Waals surface area contributed by atoms with E-state index >= 15 is 0 Å². The molecule has 0 fully saturated rings. The number of ether oxygens (including phenoxy) is 2. The molecule has 108 valence electrons. The third-order valence-corrected chi connectivity index (χ3v) is 3.68. The van der Waals surface area contributed by atoms with E-state index in [1.807, 2.05) is 0 Å². The molecule has 2 rings (SSSR count). The number of rotatable bonds is 4. The summed E-state index contributed by atoms with van der Waals surface area (Å²) >= 11 is 2.12. The standard InChI is InChI=1S/2C5H5NO3S/c2*1-9-4-2-3-10-5(4)6(7)8/h2*2-3H,1H3. The molecule has 0 aliphatic rings. The van der Waals surface area contributed by atoms with Crippen LogP contribution in [0.15, 0.2) is 22.9 Å². The Balaban J connectivity index is 0.000000200. The number of thiophene rings is 2. The summed E-state index contributed by atoms with van der Waals surface area (Å²) in [7, 11) is 2.82. The Kier molecular flexibility index (Phi) is 5.87. The molecule has 10 heteroatoms. The molecule has 0 bridgehead atoms. The molecule has 0 aromatic carbocycles. The fourth-order valence-electron chi connectivity index (χ4n) is 1.16. The van der Waals surface area contributed by atoms with Crippen LogP contribution in [0.1, 0.15) is 0 Å². The first kappa shape index (κ1) is 15.9. The number of methoxy groups -OCH3 is 2. The second-order valence-electron chi connectivity index (χ2n) is 3.10. The molecule has 0 aliphatic heterocycles. The molecule has 20 heavy (non-hydrogen) atoms. The fraction of sp³-hybridized carbons (Fsp3) is 0.200. The van der Waals surface area contributed by atoms with Crippen LogP contribution in [0.25, 0.3) is 0 Å². The molecular formula is C10H10N2O6S2. The van der Waals surface area contributed by atoms with Crippen molar-refractivity contribution in [3.05, 3.63) is 43.1 Å². The van der Waals surface area contributed by atoms with Crippen molar-refractivity contribution in [3.8, 4) is 11.5 Å². The average Bonchev–Trinajstić information content (AvgIpc) is 3.07. The summed E-state index contributed by atoms with van der Waals surface area (Å²) in [5.74, 6) is 0.657. The Morgan fingerprint density at radius 1 is 0.900 bits per heavy atom. The van der Waals surface area contributed by atoms with E-state index < -0.39 is 9.85 Å². The smallest absolute Gasteiger partial charge is 0.365 e. The van der Waals surface area contributed by atoms with Crippen LogP contribution in [0.5, 0.6) is 11.5 Å². The van der Waals surface area contributed by atoms with Crippen molar-refractivity contribution >= 4 is 32.7 Å². The Bertz CT molecular complexity index is 542. The van der Waals surface area contributed by atoms with Gasteiger partial charge in [-0.15, -0.1) is 0 Å². The maximum atomic E-state index is 10.2. The molecule has 0 N–H and O–H groups in total. The first-order valence-electron chi connectivity index (χ1n) is 5.03. The van der Waals surface area contributed by atoms with Gasteiger partial charge in [-0.25, -0.2) is 0 Å². The Hall–Kier alpha value is -2.20. The second-order valence-corrected chi connectivity index (χ2v) is 4.89. The predicted molar refractivity (Wildman–Crippen MR) is 75.1 cm³/mol. The highest BCUT2D eigenvalue weighted by Crippen LogP contribution is 2.32. The molecule has 8 nitrogen and oxygen atoms in total. The van der Waals surface area contributed by atoms with Gasteiger partial charge in [0.1, 0.15) is 0 Å². The van der Waals surface area contributed by atoms with E-state index in [9.17, 15) is 20.2 Å². The largest absolute Gasteiger partial charge is 0.489 e. The number of nitro groups is 2. The summed E-state index contributed by atoms with van der Waals surface area (Å²) in [4.78, 5) is 19.4. The Morgan fingerprint density at radius 2 is 1.25 bits per heavy atom. The third kappa shape index (κ3) is 3.90.